The molecule has 2 aromatic heterocycles. The molecule has 0 aliphatic carbocycles. The third-order valence-electron chi connectivity index (χ3n) is 3.34. The molecule has 0 spiro atoms. The number of methoxy groups -OCH3 is 1. The summed E-state index contributed by atoms with van der Waals surface area (Å²) in [5.41, 5.74) is 2.17. The Kier molecular flexibility index (Phi) is 9.73. The molecule has 0 bridgehead atoms. The quantitative estimate of drug-likeness (QED) is 0.364. The fourth-order valence-corrected chi connectivity index (χ4v) is 2.86. The van der Waals surface area contributed by atoms with Gasteiger partial charge in [0, 0.05) is 24.2 Å². The number of thiazole rings is 1. The largest absolute Gasteiger partial charge is 0.481 e. The number of aliphatic imine (C=N–C) groups is 1. The van der Waals surface area contributed by atoms with Crippen molar-refractivity contribution in [3.63, 3.8) is 0 Å². The highest BCUT2D eigenvalue weighted by molar-refractivity contribution is 14.0. The van der Waals surface area contributed by atoms with Gasteiger partial charge in [0.1, 0.15) is 5.01 Å². The Labute approximate surface area is 170 Å². The number of hydrogen-bond donors (Lipinski definition) is 2. The summed E-state index contributed by atoms with van der Waals surface area (Å²) in [6.45, 7) is 8.39. The number of halogens is 1. The highest BCUT2D eigenvalue weighted by Gasteiger charge is 2.06. The van der Waals surface area contributed by atoms with Crippen LogP contribution in [-0.2, 0) is 13.1 Å². The van der Waals surface area contributed by atoms with E-state index in [-0.39, 0.29) is 24.0 Å². The third kappa shape index (κ3) is 7.15. The van der Waals surface area contributed by atoms with E-state index in [0.717, 1.165) is 28.8 Å². The molecule has 25 heavy (non-hydrogen) atoms. The second-order valence-corrected chi connectivity index (χ2v) is 6.52. The molecule has 6 nitrogen and oxygen atoms in total. The molecule has 0 aromatic carbocycles. The molecule has 0 saturated carbocycles. The lowest BCUT2D eigenvalue weighted by Gasteiger charge is -2.10. The van der Waals surface area contributed by atoms with Crippen LogP contribution in [0.25, 0.3) is 0 Å². The van der Waals surface area contributed by atoms with Crippen LogP contribution in [0.2, 0.25) is 0 Å². The number of pyridine rings is 1. The van der Waals surface area contributed by atoms with Gasteiger partial charge in [-0.15, -0.1) is 35.3 Å². The van der Waals surface area contributed by atoms with Crippen molar-refractivity contribution in [2.24, 2.45) is 4.99 Å². The molecule has 0 aliphatic heterocycles. The molecule has 138 valence electrons. The summed E-state index contributed by atoms with van der Waals surface area (Å²) in [4.78, 5) is 13.4. The maximum Gasteiger partial charge on any atom is 0.212 e. The summed E-state index contributed by atoms with van der Waals surface area (Å²) in [6, 6.07) is 3.81. The molecule has 0 fully saturated rings. The zero-order chi connectivity index (χ0) is 17.4. The topological polar surface area (TPSA) is 71.4 Å². The Balaban J connectivity index is 0.00000312. The number of ether oxygens (including phenoxy) is 1. The van der Waals surface area contributed by atoms with Crippen LogP contribution in [-0.4, -0.2) is 29.6 Å². The van der Waals surface area contributed by atoms with E-state index in [4.69, 9.17) is 4.74 Å². The molecule has 2 N–H and O–H groups in total. The highest BCUT2D eigenvalue weighted by atomic mass is 127. The van der Waals surface area contributed by atoms with Crippen LogP contribution >= 0.6 is 35.3 Å². The van der Waals surface area contributed by atoms with Crippen molar-refractivity contribution < 1.29 is 4.74 Å². The molecular weight excluding hydrogens is 449 g/mol. The molecule has 8 heteroatoms. The van der Waals surface area contributed by atoms with Crippen LogP contribution in [0, 0.1) is 0 Å². The van der Waals surface area contributed by atoms with Crippen molar-refractivity contribution in [3.05, 3.63) is 40.0 Å². The van der Waals surface area contributed by atoms with Crippen molar-refractivity contribution >= 4 is 41.3 Å². The highest BCUT2D eigenvalue weighted by Crippen LogP contribution is 2.17. The van der Waals surface area contributed by atoms with E-state index in [1.807, 2.05) is 19.1 Å². The Hall–Kier alpha value is -1.42. The lowest BCUT2D eigenvalue weighted by atomic mass is 10.2. The Morgan fingerprint density at radius 3 is 2.68 bits per heavy atom. The molecule has 0 aliphatic rings. The monoisotopic (exact) mass is 475 g/mol. The SMILES string of the molecule is CCNC(=NCc1ccc(OC)nc1)NCc1nc(C(C)C)cs1.I. The van der Waals surface area contributed by atoms with Crippen LogP contribution in [0.4, 0.5) is 0 Å². The molecule has 0 atom stereocenters. The fourth-order valence-electron chi connectivity index (χ4n) is 1.97. The minimum absolute atomic E-state index is 0. The lowest BCUT2D eigenvalue weighted by Crippen LogP contribution is -2.36. The average molecular weight is 475 g/mol. The predicted octanol–water partition coefficient (Wildman–Crippen LogP) is 3.54. The first-order valence-corrected chi connectivity index (χ1v) is 8.95. The van der Waals surface area contributed by atoms with Crippen LogP contribution in [0.5, 0.6) is 5.88 Å². The first-order valence-electron chi connectivity index (χ1n) is 8.07. The molecule has 2 aromatic rings. The second-order valence-electron chi connectivity index (χ2n) is 5.58. The Morgan fingerprint density at radius 1 is 1.32 bits per heavy atom. The summed E-state index contributed by atoms with van der Waals surface area (Å²) in [7, 11) is 1.61. The van der Waals surface area contributed by atoms with Crippen LogP contribution in [0.3, 0.4) is 0 Å². The first kappa shape index (κ1) is 21.6. The number of rotatable bonds is 7. The number of aromatic nitrogens is 2. The van der Waals surface area contributed by atoms with Crippen LogP contribution in [0.15, 0.2) is 28.7 Å². The summed E-state index contributed by atoms with van der Waals surface area (Å²) in [6.07, 6.45) is 1.78. The van der Waals surface area contributed by atoms with Crippen molar-refractivity contribution in [1.82, 2.24) is 20.6 Å². The van der Waals surface area contributed by atoms with Gasteiger partial charge in [0.25, 0.3) is 0 Å². The molecule has 0 unspecified atom stereocenters. The average Bonchev–Trinajstić information content (AvgIpc) is 3.07. The molecule has 0 saturated heterocycles. The standard InChI is InChI=1S/C17H25N5OS.HI/c1-5-18-17(20-9-13-6-7-15(23-4)19-8-13)21-10-16-22-14(11-24-16)12(2)3;/h6-8,11-12H,5,9-10H2,1-4H3,(H2,18,20,21);1H. The maximum atomic E-state index is 5.06. The van der Waals surface area contributed by atoms with Gasteiger partial charge in [-0.3, -0.25) is 0 Å². The van der Waals surface area contributed by atoms with Gasteiger partial charge < -0.3 is 15.4 Å². The zero-order valence-corrected chi connectivity index (χ0v) is 18.2. The minimum Gasteiger partial charge on any atom is -0.481 e. The van der Waals surface area contributed by atoms with Gasteiger partial charge in [-0.05, 0) is 18.4 Å². The van der Waals surface area contributed by atoms with E-state index >= 15 is 0 Å². The molecule has 2 heterocycles. The molecular formula is C17H26IN5OS. The van der Waals surface area contributed by atoms with Gasteiger partial charge in [-0.2, -0.15) is 0 Å². The van der Waals surface area contributed by atoms with E-state index in [1.54, 1.807) is 24.6 Å². The maximum absolute atomic E-state index is 5.06. The lowest BCUT2D eigenvalue weighted by molar-refractivity contribution is 0.397. The van der Waals surface area contributed by atoms with Crippen molar-refractivity contribution in [2.45, 2.75) is 39.8 Å². The van der Waals surface area contributed by atoms with Gasteiger partial charge in [0.05, 0.1) is 25.9 Å². The summed E-state index contributed by atoms with van der Waals surface area (Å²) < 4.78 is 5.06. The van der Waals surface area contributed by atoms with Gasteiger partial charge in [0.15, 0.2) is 5.96 Å². The van der Waals surface area contributed by atoms with Crippen molar-refractivity contribution in [2.75, 3.05) is 13.7 Å². The van der Waals surface area contributed by atoms with Gasteiger partial charge in [-0.25, -0.2) is 15.0 Å². The predicted molar refractivity (Wildman–Crippen MR) is 114 cm³/mol. The normalized spacial score (nSPS) is 11.2. The number of nitrogens with zero attached hydrogens (tertiary/aromatic N) is 3. The number of guanidine groups is 1. The van der Waals surface area contributed by atoms with E-state index in [9.17, 15) is 0 Å². The Morgan fingerprint density at radius 2 is 2.12 bits per heavy atom. The van der Waals surface area contributed by atoms with E-state index in [0.29, 0.717) is 24.9 Å². The summed E-state index contributed by atoms with van der Waals surface area (Å²) in [5, 5.41) is 9.75. The summed E-state index contributed by atoms with van der Waals surface area (Å²) >= 11 is 1.68. The van der Waals surface area contributed by atoms with Crippen LogP contribution < -0.4 is 15.4 Å². The number of nitrogens with one attached hydrogen (secondary N) is 2. The second kappa shape index (κ2) is 11.2. The van der Waals surface area contributed by atoms with Crippen LogP contribution in [0.1, 0.15) is 43.0 Å². The van der Waals surface area contributed by atoms with Crippen molar-refractivity contribution in [3.8, 4) is 5.88 Å². The minimum atomic E-state index is 0. The third-order valence-corrected chi connectivity index (χ3v) is 4.21. The fraction of sp³-hybridized carbons (Fsp3) is 0.471. The number of hydrogen-bond acceptors (Lipinski definition) is 5. The van der Waals surface area contributed by atoms with E-state index in [2.05, 4.69) is 44.8 Å². The van der Waals surface area contributed by atoms with Crippen molar-refractivity contribution in [1.29, 1.82) is 0 Å². The van der Waals surface area contributed by atoms with Gasteiger partial charge >= 0.3 is 0 Å². The smallest absolute Gasteiger partial charge is 0.212 e. The van der Waals surface area contributed by atoms with Gasteiger partial charge in [-0.1, -0.05) is 19.9 Å². The summed E-state index contributed by atoms with van der Waals surface area (Å²) in [5.74, 6) is 1.84. The zero-order valence-electron chi connectivity index (χ0n) is 15.1. The first-order chi connectivity index (χ1) is 11.6. The van der Waals surface area contributed by atoms with E-state index < -0.39 is 0 Å². The molecule has 2 rings (SSSR count). The Bertz CT molecular complexity index is 657. The van der Waals surface area contributed by atoms with Gasteiger partial charge in [0.2, 0.25) is 5.88 Å². The molecule has 0 amide bonds. The molecule has 0 radical (unpaired) electrons. The van der Waals surface area contributed by atoms with E-state index in [1.165, 1.54) is 0 Å².